The third kappa shape index (κ3) is 3.57. The summed E-state index contributed by atoms with van der Waals surface area (Å²) in [6.45, 7) is 2.82. The van der Waals surface area contributed by atoms with E-state index < -0.39 is 0 Å². The molecule has 0 aliphatic carbocycles. The molecule has 0 radical (unpaired) electrons. The van der Waals surface area contributed by atoms with Crippen molar-refractivity contribution in [3.63, 3.8) is 0 Å². The minimum atomic E-state index is -0.0940. The fourth-order valence-electron chi connectivity index (χ4n) is 4.14. The minimum absolute atomic E-state index is 0.0268. The lowest BCUT2D eigenvalue weighted by atomic mass is 10.1. The number of para-hydroxylation sites is 3. The Hall–Kier alpha value is -3.19. The fourth-order valence-corrected chi connectivity index (χ4v) is 4.14. The van der Waals surface area contributed by atoms with Crippen molar-refractivity contribution in [2.24, 2.45) is 5.92 Å². The molecule has 1 amide bonds. The molecule has 7 heteroatoms. The molecular weight excluding hydrogens is 380 g/mol. The third-order valence-electron chi connectivity index (χ3n) is 5.65. The Balaban J connectivity index is 1.50. The molecule has 0 N–H and O–H groups in total. The molecule has 3 heterocycles. The SMILES string of the molecule is CN(CC1CCOC1)c1nc(CN2C(=O)COc3ccccc32)nc2ccccc12. The van der Waals surface area contributed by atoms with Crippen LogP contribution >= 0.6 is 0 Å². The van der Waals surface area contributed by atoms with Gasteiger partial charge in [-0.1, -0.05) is 24.3 Å². The molecule has 3 aromatic rings. The normalized spacial score (nSPS) is 18.4. The Labute approximate surface area is 175 Å². The van der Waals surface area contributed by atoms with Gasteiger partial charge in [0.25, 0.3) is 5.91 Å². The van der Waals surface area contributed by atoms with Crippen molar-refractivity contribution in [2.75, 3.05) is 43.2 Å². The topological polar surface area (TPSA) is 67.8 Å². The van der Waals surface area contributed by atoms with Gasteiger partial charge in [0.05, 0.1) is 24.4 Å². The molecule has 7 nitrogen and oxygen atoms in total. The molecule has 0 spiro atoms. The van der Waals surface area contributed by atoms with Gasteiger partial charge >= 0.3 is 0 Å². The summed E-state index contributed by atoms with van der Waals surface area (Å²) in [5.74, 6) is 2.61. The summed E-state index contributed by atoms with van der Waals surface area (Å²) in [6.07, 6.45) is 1.07. The van der Waals surface area contributed by atoms with E-state index in [9.17, 15) is 4.79 Å². The second-order valence-corrected chi connectivity index (χ2v) is 7.83. The Kier molecular flexibility index (Phi) is 4.96. The van der Waals surface area contributed by atoms with Crippen molar-refractivity contribution in [3.8, 4) is 5.75 Å². The van der Waals surface area contributed by atoms with Crippen LogP contribution in [0.4, 0.5) is 11.5 Å². The summed E-state index contributed by atoms with van der Waals surface area (Å²) >= 11 is 0. The van der Waals surface area contributed by atoms with Crippen LogP contribution in [0.1, 0.15) is 12.2 Å². The number of hydrogen-bond donors (Lipinski definition) is 0. The Bertz CT molecular complexity index is 1080. The van der Waals surface area contributed by atoms with Gasteiger partial charge in [-0.25, -0.2) is 9.97 Å². The molecule has 30 heavy (non-hydrogen) atoms. The zero-order chi connectivity index (χ0) is 20.5. The highest BCUT2D eigenvalue weighted by Gasteiger charge is 2.27. The number of fused-ring (bicyclic) bond motifs is 2. The molecule has 1 aromatic heterocycles. The van der Waals surface area contributed by atoms with E-state index in [2.05, 4.69) is 11.9 Å². The van der Waals surface area contributed by atoms with Crippen molar-refractivity contribution in [3.05, 3.63) is 54.4 Å². The highest BCUT2D eigenvalue weighted by molar-refractivity contribution is 5.97. The molecular formula is C23H24N4O3. The standard InChI is InChI=1S/C23H24N4O3/c1-26(12-16-10-11-29-14-16)23-17-6-2-3-7-18(17)24-21(25-23)13-27-19-8-4-5-9-20(19)30-15-22(27)28/h2-9,16H,10-15H2,1H3. The summed E-state index contributed by atoms with van der Waals surface area (Å²) in [6, 6.07) is 15.6. The van der Waals surface area contributed by atoms with Crippen LogP contribution in [-0.2, 0) is 16.1 Å². The maximum Gasteiger partial charge on any atom is 0.265 e. The van der Waals surface area contributed by atoms with E-state index in [0.717, 1.165) is 48.6 Å². The number of amides is 1. The van der Waals surface area contributed by atoms with Gasteiger partial charge in [0.2, 0.25) is 0 Å². The van der Waals surface area contributed by atoms with Crippen molar-refractivity contribution < 1.29 is 14.3 Å². The molecule has 0 saturated carbocycles. The molecule has 1 atom stereocenters. The molecule has 0 bridgehead atoms. The number of benzene rings is 2. The van der Waals surface area contributed by atoms with Crippen molar-refractivity contribution in [2.45, 2.75) is 13.0 Å². The van der Waals surface area contributed by atoms with Crippen LogP contribution in [0.25, 0.3) is 10.9 Å². The number of anilines is 2. The largest absolute Gasteiger partial charge is 0.482 e. The average molecular weight is 404 g/mol. The summed E-state index contributed by atoms with van der Waals surface area (Å²) in [4.78, 5) is 26.1. The van der Waals surface area contributed by atoms with Crippen molar-refractivity contribution in [1.29, 1.82) is 0 Å². The zero-order valence-corrected chi connectivity index (χ0v) is 17.0. The van der Waals surface area contributed by atoms with Crippen molar-refractivity contribution >= 4 is 28.3 Å². The minimum Gasteiger partial charge on any atom is -0.482 e. The first-order valence-electron chi connectivity index (χ1n) is 10.3. The van der Waals surface area contributed by atoms with E-state index in [1.54, 1.807) is 4.90 Å². The quantitative estimate of drug-likeness (QED) is 0.651. The second-order valence-electron chi connectivity index (χ2n) is 7.83. The van der Waals surface area contributed by atoms with Gasteiger partial charge in [0.15, 0.2) is 12.4 Å². The first kappa shape index (κ1) is 18.8. The number of nitrogens with zero attached hydrogens (tertiary/aromatic N) is 4. The van der Waals surface area contributed by atoms with Crippen LogP contribution in [0.5, 0.6) is 5.75 Å². The van der Waals surface area contributed by atoms with Gasteiger partial charge in [0, 0.05) is 31.5 Å². The van der Waals surface area contributed by atoms with Gasteiger partial charge in [0.1, 0.15) is 11.6 Å². The van der Waals surface area contributed by atoms with E-state index >= 15 is 0 Å². The molecule has 1 fully saturated rings. The summed E-state index contributed by atoms with van der Waals surface area (Å²) in [5.41, 5.74) is 1.63. The number of carbonyl (C=O) groups is 1. The van der Waals surface area contributed by atoms with Crippen LogP contribution in [0.15, 0.2) is 48.5 Å². The predicted molar refractivity (Wildman–Crippen MR) is 115 cm³/mol. The number of hydrogen-bond acceptors (Lipinski definition) is 6. The first-order chi connectivity index (χ1) is 14.7. The highest BCUT2D eigenvalue weighted by Crippen LogP contribution is 2.33. The smallest absolute Gasteiger partial charge is 0.265 e. The van der Waals surface area contributed by atoms with Crippen LogP contribution in [0.3, 0.4) is 0 Å². The van der Waals surface area contributed by atoms with Crippen LogP contribution in [0, 0.1) is 5.92 Å². The molecule has 5 rings (SSSR count). The van der Waals surface area contributed by atoms with Gasteiger partial charge in [-0.2, -0.15) is 0 Å². The average Bonchev–Trinajstić information content (AvgIpc) is 3.28. The number of rotatable bonds is 5. The number of ether oxygens (including phenoxy) is 2. The first-order valence-corrected chi connectivity index (χ1v) is 10.3. The van der Waals surface area contributed by atoms with Gasteiger partial charge in [-0.15, -0.1) is 0 Å². The Morgan fingerprint density at radius 2 is 1.97 bits per heavy atom. The van der Waals surface area contributed by atoms with Crippen LogP contribution < -0.4 is 14.5 Å². The second kappa shape index (κ2) is 7.91. The van der Waals surface area contributed by atoms with E-state index in [0.29, 0.717) is 24.0 Å². The highest BCUT2D eigenvalue weighted by atomic mass is 16.5. The van der Waals surface area contributed by atoms with E-state index in [-0.39, 0.29) is 12.5 Å². The summed E-state index contributed by atoms with van der Waals surface area (Å²) in [7, 11) is 2.06. The molecule has 1 unspecified atom stereocenters. The van der Waals surface area contributed by atoms with E-state index in [4.69, 9.17) is 19.4 Å². The predicted octanol–water partition coefficient (Wildman–Crippen LogP) is 3.03. The third-order valence-corrected chi connectivity index (χ3v) is 5.65. The van der Waals surface area contributed by atoms with Gasteiger partial charge in [-0.3, -0.25) is 9.69 Å². The fraction of sp³-hybridized carbons (Fsp3) is 0.348. The zero-order valence-electron chi connectivity index (χ0n) is 17.0. The van der Waals surface area contributed by atoms with E-state index in [1.807, 2.05) is 48.5 Å². The summed E-state index contributed by atoms with van der Waals surface area (Å²) in [5, 5.41) is 1.01. The molecule has 2 aliphatic rings. The maximum absolute atomic E-state index is 12.6. The Morgan fingerprint density at radius 1 is 1.13 bits per heavy atom. The lowest BCUT2D eigenvalue weighted by Crippen LogP contribution is -2.38. The molecule has 154 valence electrons. The van der Waals surface area contributed by atoms with Crippen LogP contribution in [0.2, 0.25) is 0 Å². The van der Waals surface area contributed by atoms with Crippen molar-refractivity contribution in [1.82, 2.24) is 9.97 Å². The maximum atomic E-state index is 12.6. The van der Waals surface area contributed by atoms with Gasteiger partial charge in [-0.05, 0) is 30.7 Å². The monoisotopic (exact) mass is 404 g/mol. The van der Waals surface area contributed by atoms with Gasteiger partial charge < -0.3 is 14.4 Å². The van der Waals surface area contributed by atoms with E-state index in [1.165, 1.54) is 0 Å². The Morgan fingerprint density at radius 3 is 2.83 bits per heavy atom. The number of aromatic nitrogens is 2. The van der Waals surface area contributed by atoms with Crippen LogP contribution in [-0.4, -0.2) is 49.3 Å². The number of carbonyl (C=O) groups excluding carboxylic acids is 1. The lowest BCUT2D eigenvalue weighted by Gasteiger charge is -2.29. The molecule has 2 aliphatic heterocycles. The molecule has 2 aromatic carbocycles. The molecule has 1 saturated heterocycles. The lowest BCUT2D eigenvalue weighted by molar-refractivity contribution is -0.121. The summed E-state index contributed by atoms with van der Waals surface area (Å²) < 4.78 is 11.1.